The van der Waals surface area contributed by atoms with E-state index in [4.69, 9.17) is 4.74 Å². The van der Waals surface area contributed by atoms with Crippen molar-refractivity contribution in [1.82, 2.24) is 9.88 Å². The summed E-state index contributed by atoms with van der Waals surface area (Å²) in [6, 6.07) is 11.8. The van der Waals surface area contributed by atoms with Gasteiger partial charge in [-0.1, -0.05) is 30.4 Å². The van der Waals surface area contributed by atoms with Gasteiger partial charge in [0, 0.05) is 12.7 Å². The molecule has 0 bridgehead atoms. The molecule has 1 saturated heterocycles. The number of likely N-dealkylation sites (tertiary alicyclic amines) is 1. The van der Waals surface area contributed by atoms with E-state index >= 15 is 0 Å². The molecule has 0 aliphatic carbocycles. The Kier molecular flexibility index (Phi) is 4.31. The Bertz CT molecular complexity index is 610. The normalized spacial score (nSPS) is 19.2. The van der Waals surface area contributed by atoms with Gasteiger partial charge in [0.25, 0.3) is 0 Å². The molecular weight excluding hydrogens is 260 g/mol. The second kappa shape index (κ2) is 6.55. The van der Waals surface area contributed by atoms with E-state index in [1.807, 2.05) is 42.6 Å². The maximum absolute atomic E-state index is 5.80. The zero-order valence-electron chi connectivity index (χ0n) is 12.3. The summed E-state index contributed by atoms with van der Waals surface area (Å²) < 4.78 is 5.80. The third-order valence-corrected chi connectivity index (χ3v) is 3.70. The maximum atomic E-state index is 5.80. The molecule has 2 heterocycles. The number of para-hydroxylation sites is 1. The Balaban J connectivity index is 1.67. The van der Waals surface area contributed by atoms with E-state index < -0.39 is 0 Å². The molecule has 108 valence electrons. The van der Waals surface area contributed by atoms with Crippen molar-refractivity contribution < 1.29 is 4.74 Å². The molecule has 1 aliphatic heterocycles. The molecular formula is C18H20N2O. The molecule has 0 radical (unpaired) electrons. The first kappa shape index (κ1) is 13.8. The summed E-state index contributed by atoms with van der Waals surface area (Å²) in [7, 11) is 2.17. The third kappa shape index (κ3) is 3.92. The SMILES string of the molecule is CN1CCC(C=Cc2cncc(Oc3ccccc3)c2)C1. The molecule has 3 rings (SSSR count). The zero-order valence-corrected chi connectivity index (χ0v) is 12.3. The van der Waals surface area contributed by atoms with Crippen molar-refractivity contribution >= 4 is 6.08 Å². The summed E-state index contributed by atoms with van der Waals surface area (Å²) >= 11 is 0. The van der Waals surface area contributed by atoms with Crippen LogP contribution in [0.4, 0.5) is 0 Å². The minimum atomic E-state index is 0.647. The van der Waals surface area contributed by atoms with Crippen molar-refractivity contribution in [3.8, 4) is 11.5 Å². The van der Waals surface area contributed by atoms with Gasteiger partial charge in [-0.15, -0.1) is 0 Å². The Morgan fingerprint density at radius 2 is 2.05 bits per heavy atom. The van der Waals surface area contributed by atoms with E-state index in [-0.39, 0.29) is 0 Å². The van der Waals surface area contributed by atoms with Crippen LogP contribution in [-0.4, -0.2) is 30.0 Å². The topological polar surface area (TPSA) is 25.4 Å². The zero-order chi connectivity index (χ0) is 14.5. The minimum Gasteiger partial charge on any atom is -0.456 e. The molecule has 0 amide bonds. The van der Waals surface area contributed by atoms with Gasteiger partial charge in [-0.3, -0.25) is 4.98 Å². The fraction of sp³-hybridized carbons (Fsp3) is 0.278. The van der Waals surface area contributed by atoms with Crippen LogP contribution in [0.3, 0.4) is 0 Å². The van der Waals surface area contributed by atoms with Gasteiger partial charge < -0.3 is 9.64 Å². The second-order valence-electron chi connectivity index (χ2n) is 5.54. The summed E-state index contributed by atoms with van der Waals surface area (Å²) in [6.07, 6.45) is 9.28. The maximum Gasteiger partial charge on any atom is 0.146 e. The van der Waals surface area contributed by atoms with Gasteiger partial charge >= 0.3 is 0 Å². The molecule has 1 aromatic carbocycles. The van der Waals surface area contributed by atoms with Gasteiger partial charge in [0.15, 0.2) is 0 Å². The largest absolute Gasteiger partial charge is 0.456 e. The molecule has 1 fully saturated rings. The van der Waals surface area contributed by atoms with E-state index in [0.29, 0.717) is 5.92 Å². The first-order valence-electron chi connectivity index (χ1n) is 7.34. The number of aromatic nitrogens is 1. The van der Waals surface area contributed by atoms with Gasteiger partial charge in [0.05, 0.1) is 6.20 Å². The number of hydrogen-bond acceptors (Lipinski definition) is 3. The molecule has 3 heteroatoms. The lowest BCUT2D eigenvalue weighted by Crippen LogP contribution is -2.13. The standard InChI is InChI=1S/C18H20N2O/c1-20-10-9-15(14-20)7-8-16-11-18(13-19-12-16)21-17-5-3-2-4-6-17/h2-8,11-13,15H,9-10,14H2,1H3. The van der Waals surface area contributed by atoms with E-state index in [0.717, 1.165) is 23.6 Å². The lowest BCUT2D eigenvalue weighted by Gasteiger charge is -2.06. The molecule has 21 heavy (non-hydrogen) atoms. The number of hydrogen-bond donors (Lipinski definition) is 0. The number of benzene rings is 1. The first-order chi connectivity index (χ1) is 10.3. The Hall–Kier alpha value is -2.13. The average molecular weight is 280 g/mol. The van der Waals surface area contributed by atoms with Gasteiger partial charge in [-0.05, 0) is 49.7 Å². The van der Waals surface area contributed by atoms with E-state index in [2.05, 4.69) is 29.1 Å². The van der Waals surface area contributed by atoms with Crippen molar-refractivity contribution in [1.29, 1.82) is 0 Å². The first-order valence-corrected chi connectivity index (χ1v) is 7.34. The number of nitrogens with zero attached hydrogens (tertiary/aromatic N) is 2. The molecule has 3 nitrogen and oxygen atoms in total. The summed E-state index contributed by atoms with van der Waals surface area (Å²) in [5.74, 6) is 2.25. The van der Waals surface area contributed by atoms with Crippen LogP contribution in [-0.2, 0) is 0 Å². The minimum absolute atomic E-state index is 0.647. The van der Waals surface area contributed by atoms with Crippen LogP contribution < -0.4 is 4.74 Å². The van der Waals surface area contributed by atoms with Gasteiger partial charge in [0.1, 0.15) is 11.5 Å². The fourth-order valence-electron chi connectivity index (χ4n) is 2.58. The van der Waals surface area contributed by atoms with Crippen LogP contribution in [0.15, 0.2) is 54.9 Å². The number of rotatable bonds is 4. The summed E-state index contributed by atoms with van der Waals surface area (Å²) in [5.41, 5.74) is 1.08. The van der Waals surface area contributed by atoms with Crippen LogP contribution in [0.1, 0.15) is 12.0 Å². The highest BCUT2D eigenvalue weighted by Gasteiger charge is 2.16. The fourth-order valence-corrected chi connectivity index (χ4v) is 2.58. The highest BCUT2D eigenvalue weighted by Crippen LogP contribution is 2.22. The smallest absolute Gasteiger partial charge is 0.146 e. The Labute approximate surface area is 125 Å². The van der Waals surface area contributed by atoms with Crippen molar-refractivity contribution in [3.63, 3.8) is 0 Å². The molecule has 1 aliphatic rings. The van der Waals surface area contributed by atoms with Gasteiger partial charge in [0.2, 0.25) is 0 Å². The quantitative estimate of drug-likeness (QED) is 0.851. The van der Waals surface area contributed by atoms with Gasteiger partial charge in [-0.25, -0.2) is 0 Å². The molecule has 1 atom stereocenters. The average Bonchev–Trinajstić information content (AvgIpc) is 2.92. The Morgan fingerprint density at radius 1 is 1.19 bits per heavy atom. The van der Waals surface area contributed by atoms with Crippen molar-refractivity contribution in [2.45, 2.75) is 6.42 Å². The van der Waals surface area contributed by atoms with Crippen LogP contribution in [0.5, 0.6) is 11.5 Å². The van der Waals surface area contributed by atoms with E-state index in [1.165, 1.54) is 13.0 Å². The van der Waals surface area contributed by atoms with Gasteiger partial charge in [-0.2, -0.15) is 0 Å². The van der Waals surface area contributed by atoms with Crippen LogP contribution in [0, 0.1) is 5.92 Å². The highest BCUT2D eigenvalue weighted by molar-refractivity contribution is 5.50. The number of pyridine rings is 1. The summed E-state index contributed by atoms with van der Waals surface area (Å²) in [6.45, 7) is 2.33. The van der Waals surface area contributed by atoms with E-state index in [9.17, 15) is 0 Å². The van der Waals surface area contributed by atoms with Crippen LogP contribution >= 0.6 is 0 Å². The molecule has 0 spiro atoms. The van der Waals surface area contributed by atoms with Crippen LogP contribution in [0.2, 0.25) is 0 Å². The predicted molar refractivity (Wildman–Crippen MR) is 85.4 cm³/mol. The third-order valence-electron chi connectivity index (χ3n) is 3.70. The molecule has 1 aromatic heterocycles. The summed E-state index contributed by atoms with van der Waals surface area (Å²) in [4.78, 5) is 6.62. The molecule has 0 saturated carbocycles. The van der Waals surface area contributed by atoms with E-state index in [1.54, 1.807) is 6.20 Å². The van der Waals surface area contributed by atoms with Crippen molar-refractivity contribution in [2.24, 2.45) is 5.92 Å². The van der Waals surface area contributed by atoms with Crippen molar-refractivity contribution in [3.05, 3.63) is 60.4 Å². The Morgan fingerprint density at radius 3 is 2.81 bits per heavy atom. The molecule has 2 aromatic rings. The lowest BCUT2D eigenvalue weighted by molar-refractivity contribution is 0.408. The highest BCUT2D eigenvalue weighted by atomic mass is 16.5. The predicted octanol–water partition coefficient (Wildman–Crippen LogP) is 3.84. The van der Waals surface area contributed by atoms with Crippen LogP contribution in [0.25, 0.3) is 6.08 Å². The molecule has 1 unspecified atom stereocenters. The molecule has 0 N–H and O–H groups in total. The lowest BCUT2D eigenvalue weighted by atomic mass is 10.1. The summed E-state index contributed by atoms with van der Waals surface area (Å²) in [5, 5.41) is 0. The number of ether oxygens (including phenoxy) is 1. The monoisotopic (exact) mass is 280 g/mol. The second-order valence-corrected chi connectivity index (χ2v) is 5.54. The van der Waals surface area contributed by atoms with Crippen molar-refractivity contribution in [2.75, 3.05) is 20.1 Å².